The van der Waals surface area contributed by atoms with Gasteiger partial charge in [-0.2, -0.15) is 26.3 Å². The van der Waals surface area contributed by atoms with Crippen LogP contribution in [0.2, 0.25) is 0 Å². The third-order valence-electron chi connectivity index (χ3n) is 27.5. The lowest BCUT2D eigenvalue weighted by Crippen LogP contribution is -2.49. The molecule has 27 heteroatoms. The van der Waals surface area contributed by atoms with Crippen molar-refractivity contribution in [3.05, 3.63) is 287 Å². The highest BCUT2D eigenvalue weighted by Crippen LogP contribution is 2.39. The van der Waals surface area contributed by atoms with E-state index in [4.69, 9.17) is 0 Å². The Labute approximate surface area is 866 Å². The summed E-state index contributed by atoms with van der Waals surface area (Å²) in [6, 6.07) is 44.9. The maximum absolute atomic E-state index is 13.9. The summed E-state index contributed by atoms with van der Waals surface area (Å²) in [7, 11) is 0. The second-order valence-electron chi connectivity index (χ2n) is 42.5. The first-order valence-electron chi connectivity index (χ1n) is 52.4. The Balaban J connectivity index is 0.000000182. The first kappa shape index (κ1) is 117. The molecule has 12 aromatic rings. The Morgan fingerprint density at radius 1 is 0.385 bits per heavy atom. The van der Waals surface area contributed by atoms with Crippen molar-refractivity contribution in [2.24, 2.45) is 35.5 Å². The van der Waals surface area contributed by atoms with E-state index in [1.165, 1.54) is 109 Å². The minimum atomic E-state index is -4.35. The van der Waals surface area contributed by atoms with Crippen molar-refractivity contribution in [1.29, 1.82) is 0 Å². The second-order valence-corrected chi connectivity index (χ2v) is 42.5. The maximum atomic E-state index is 13.9. The molecule has 0 saturated heterocycles. The van der Waals surface area contributed by atoms with Gasteiger partial charge in [-0.1, -0.05) is 227 Å². The lowest BCUT2D eigenvalue weighted by molar-refractivity contribution is -0.150. The molecule has 11 unspecified atom stereocenters. The lowest BCUT2D eigenvalue weighted by Gasteiger charge is -2.36. The molecule has 15 rings (SSSR count). The molecule has 6 aromatic carbocycles. The maximum Gasteiger partial charge on any atom is 0.391 e. The third-order valence-corrected chi connectivity index (χ3v) is 27.5. The van der Waals surface area contributed by atoms with Crippen LogP contribution >= 0.6 is 0 Å². The molecule has 0 spiro atoms. The molecule has 0 aliphatic heterocycles. The number of aryl methyl sites for hydroxylation is 2. The second kappa shape index (κ2) is 55.5. The quantitative estimate of drug-likeness (QED) is 0.0163. The number of allylic oxidation sites excluding steroid dienone is 4. The zero-order valence-electron chi connectivity index (χ0n) is 88.5. The molecule has 1 fully saturated rings. The molecular weight excluding hydrogens is 1890 g/mol. The highest BCUT2D eigenvalue weighted by atomic mass is 19.4. The van der Waals surface area contributed by atoms with Crippen LogP contribution in [0.5, 0.6) is 0 Å². The van der Waals surface area contributed by atoms with Crippen molar-refractivity contribution in [1.82, 2.24) is 61.8 Å². The Bertz CT molecular complexity index is 6540. The molecule has 11 atom stereocenters. The minimum absolute atomic E-state index is 0.0280. The SMILES string of the molecule is C=C(C)CC(C)(CC1CCCCC1)NC(=O)c1cnc2c(F)c(F)ccc2c1.CC(CC1CC=CCC1)NC(=O)c1cnc2ccccc2c1.CCCC(C)CC(C)(CC(F)(F)F)NC(=O)c1cnc2c(C)cccc2c1.CCCC(C)CC(C)(CC(F)(F)F)NC(=O)c1cnc2ccccc2c1.CCCC(C)CC(C)NC(=O)c1cnc2c(F)cccc2c1.Cc1cccc2cc(C(=O)NC(C)CC3CC=CCC3)cnc12. The monoisotopic (exact) mass is 2040 g/mol. The number of aromatic nitrogens is 6. The van der Waals surface area contributed by atoms with Crippen molar-refractivity contribution in [3.63, 3.8) is 0 Å². The summed E-state index contributed by atoms with van der Waals surface area (Å²) in [4.78, 5) is 101. The summed E-state index contributed by atoms with van der Waals surface area (Å²) < 4.78 is 119. The number of alkyl halides is 6. The molecule has 6 N–H and O–H groups in total. The van der Waals surface area contributed by atoms with Gasteiger partial charge < -0.3 is 31.9 Å². The molecule has 1 saturated carbocycles. The van der Waals surface area contributed by atoms with Gasteiger partial charge in [-0.05, 0) is 259 Å². The topological polar surface area (TPSA) is 252 Å². The number of hydrogen-bond donors (Lipinski definition) is 6. The van der Waals surface area contributed by atoms with E-state index in [2.05, 4.69) is 127 Å². The fraction of sp³-hybridized carbons (Fsp3) is 0.455. The van der Waals surface area contributed by atoms with Crippen LogP contribution in [0.25, 0.3) is 65.4 Å². The van der Waals surface area contributed by atoms with E-state index < -0.39 is 65.3 Å². The van der Waals surface area contributed by atoms with Crippen molar-refractivity contribution < 1.29 is 68.3 Å². The summed E-state index contributed by atoms with van der Waals surface area (Å²) in [5.41, 5.74) is 6.27. The Morgan fingerprint density at radius 2 is 0.743 bits per heavy atom. The van der Waals surface area contributed by atoms with Crippen LogP contribution in [0.3, 0.4) is 0 Å². The number of amides is 6. The van der Waals surface area contributed by atoms with E-state index >= 15 is 0 Å². The van der Waals surface area contributed by atoms with Crippen LogP contribution in [-0.4, -0.2) is 112 Å². The number of nitrogens with one attached hydrogen (secondary N) is 6. The number of fused-ring (bicyclic) bond motifs is 6. The third kappa shape index (κ3) is 37.2. The number of hydrogen-bond acceptors (Lipinski definition) is 12. The van der Waals surface area contributed by atoms with Crippen molar-refractivity contribution in [2.45, 2.75) is 318 Å². The summed E-state index contributed by atoms with van der Waals surface area (Å²) in [5, 5.41) is 22.3. The number of para-hydroxylation sites is 5. The number of halogens is 9. The fourth-order valence-electron chi connectivity index (χ4n) is 21.1. The van der Waals surface area contributed by atoms with Crippen LogP contribution in [0, 0.1) is 66.8 Å². The van der Waals surface area contributed by atoms with Gasteiger partial charge in [-0.25, -0.2) is 13.2 Å². The van der Waals surface area contributed by atoms with Gasteiger partial charge in [0.2, 0.25) is 0 Å². The summed E-state index contributed by atoms with van der Waals surface area (Å²) in [5.74, 6) is -1.09. The van der Waals surface area contributed by atoms with Crippen LogP contribution < -0.4 is 31.9 Å². The van der Waals surface area contributed by atoms with Gasteiger partial charge in [-0.15, -0.1) is 6.58 Å². The standard InChI is InChI=1S/C23H28F2N2O.C21H27F3N2O.C20H25F3N2O.C20H24N2O.C19H22N2O.C18H23FN2O/c1-15(2)12-23(3,13-16-7-5-4-6-8-16)27-22(28)18-11-17-9-10-19(24)20(25)21(17)26-14-18;1-5-7-14(2)11-20(4,13-21(22,23)24)26-19(27)17-10-16-9-6-8-15(3)18(16)25-12-17;1-4-7-14(2)11-19(3,13-20(21,22)23)25-18(26)16-10-15-8-5-6-9-17(15)24-12-16;1-14-7-6-10-17-12-18(13-21-19(14)17)20(23)22-15(2)11-16-8-4-3-5-9-16;1-14(11-15-7-3-2-4-8-15)21-19(22)17-12-16-9-5-6-10-18(16)20-13-17;1-4-6-12(2)9-13(3)21-18(22)15-10-14-7-5-8-16(19)17(14)20-11-15/h9-11,14,16H,1,4-8,12-13H2,2-3H3,(H,27,28);6,8-10,12,14H,5,7,11,13H2,1-4H3,(H,26,27);5-6,8-10,12,14H,4,7,11,13H2,1-3H3,(H,25,26);3-4,6-7,10,12-13,15-16H,5,8-9,11H2,1-2H3,(H,22,23);2-3,5-6,9-10,12-15H,4,7-8,11H2,1H3,(H,21,22);5,7-8,10-13H,4,6,9H2,1-3H3,(H,21,22). The van der Waals surface area contributed by atoms with Crippen molar-refractivity contribution >= 4 is 101 Å². The molecule has 3 aliphatic rings. The molecule has 148 heavy (non-hydrogen) atoms. The highest BCUT2D eigenvalue weighted by Gasteiger charge is 2.43. The number of rotatable bonds is 34. The Hall–Kier alpha value is -12.8. The first-order valence-corrected chi connectivity index (χ1v) is 52.4. The van der Waals surface area contributed by atoms with E-state index in [1.807, 2.05) is 152 Å². The Morgan fingerprint density at radius 3 is 1.16 bits per heavy atom. The molecule has 792 valence electrons. The Kier molecular flexibility index (Phi) is 43.9. The average molecular weight is 2040 g/mol. The molecule has 18 nitrogen and oxygen atoms in total. The van der Waals surface area contributed by atoms with Crippen molar-refractivity contribution in [3.8, 4) is 0 Å². The lowest BCUT2D eigenvalue weighted by atomic mass is 9.77. The number of nitrogens with zero attached hydrogens (tertiary/aromatic N) is 6. The molecule has 6 heterocycles. The first-order chi connectivity index (χ1) is 70.3. The van der Waals surface area contributed by atoms with E-state index in [0.717, 1.165) is 143 Å². The fourth-order valence-corrected chi connectivity index (χ4v) is 21.1. The summed E-state index contributed by atoms with van der Waals surface area (Å²) in [6.07, 6.45) is 31.3. The van der Waals surface area contributed by atoms with Crippen LogP contribution in [-0.2, 0) is 0 Å². The number of carbonyl (C=O) groups excluding carboxylic acids is 6. The number of benzene rings is 6. The smallest absolute Gasteiger partial charge is 0.350 e. The van der Waals surface area contributed by atoms with E-state index in [0.29, 0.717) is 68.6 Å². The van der Waals surface area contributed by atoms with Gasteiger partial charge in [0.05, 0.1) is 68.3 Å². The number of carbonyl (C=O) groups is 6. The summed E-state index contributed by atoms with van der Waals surface area (Å²) in [6.45, 7) is 33.4. The highest BCUT2D eigenvalue weighted by molar-refractivity contribution is 6.02. The largest absolute Gasteiger partial charge is 0.391 e. The predicted octanol–water partition coefficient (Wildman–Crippen LogP) is 30.1. The zero-order chi connectivity index (χ0) is 108. The predicted molar refractivity (Wildman–Crippen MR) is 578 cm³/mol. The minimum Gasteiger partial charge on any atom is -0.350 e. The molecule has 0 radical (unpaired) electrons. The van der Waals surface area contributed by atoms with Gasteiger partial charge in [0.1, 0.15) is 16.9 Å². The summed E-state index contributed by atoms with van der Waals surface area (Å²) >= 11 is 0. The van der Waals surface area contributed by atoms with E-state index in [9.17, 15) is 68.3 Å². The van der Waals surface area contributed by atoms with Gasteiger partial charge in [0.25, 0.3) is 35.4 Å². The van der Waals surface area contributed by atoms with E-state index in [-0.39, 0.29) is 88.9 Å². The van der Waals surface area contributed by atoms with E-state index in [1.54, 1.807) is 48.8 Å². The van der Waals surface area contributed by atoms with Crippen LogP contribution in [0.4, 0.5) is 39.5 Å². The van der Waals surface area contributed by atoms with Gasteiger partial charge in [0, 0.05) is 104 Å². The average Bonchev–Trinajstić information content (AvgIpc) is 0.805. The molecule has 6 amide bonds. The normalized spacial score (nSPS) is 16.6. The molecular formula is C121H149F9N12O6. The van der Waals surface area contributed by atoms with Gasteiger partial charge in [0.15, 0.2) is 11.6 Å². The van der Waals surface area contributed by atoms with Crippen LogP contribution in [0.1, 0.15) is 330 Å². The van der Waals surface area contributed by atoms with Crippen LogP contribution in [0.15, 0.2) is 225 Å². The zero-order valence-corrected chi connectivity index (χ0v) is 88.5. The molecule has 3 aliphatic carbocycles. The van der Waals surface area contributed by atoms with Gasteiger partial charge >= 0.3 is 12.4 Å². The molecule has 6 aromatic heterocycles. The number of pyridine rings is 6. The van der Waals surface area contributed by atoms with Gasteiger partial charge in [-0.3, -0.25) is 58.7 Å². The molecule has 0 bridgehead atoms. The van der Waals surface area contributed by atoms with Crippen molar-refractivity contribution in [2.75, 3.05) is 0 Å².